The van der Waals surface area contributed by atoms with Gasteiger partial charge in [-0.3, -0.25) is 4.79 Å². The lowest BCUT2D eigenvalue weighted by atomic mass is 10.4. The molecule has 1 atom stereocenters. The molecule has 2 rings (SSSR count). The van der Waals surface area contributed by atoms with Gasteiger partial charge in [0.05, 0.1) is 31.9 Å². The highest BCUT2D eigenvalue weighted by Crippen LogP contribution is 2.04. The molecule has 2 aromatic heterocycles. The minimum Gasteiger partial charge on any atom is -0.394 e. The van der Waals surface area contributed by atoms with E-state index in [1.165, 1.54) is 17.2 Å². The third-order valence-corrected chi connectivity index (χ3v) is 2.03. The van der Waals surface area contributed by atoms with Gasteiger partial charge in [-0.05, 0) is 0 Å². The molecule has 0 radical (unpaired) electrons. The minimum absolute atomic E-state index is 0.156. The van der Waals surface area contributed by atoms with Crippen LogP contribution >= 0.6 is 0 Å². The molecule has 0 fully saturated rings. The summed E-state index contributed by atoms with van der Waals surface area (Å²) in [6.07, 6.45) is 1.79. The van der Waals surface area contributed by atoms with E-state index in [1.54, 1.807) is 0 Å². The molecule has 0 amide bonds. The van der Waals surface area contributed by atoms with Crippen LogP contribution in [0.4, 0.5) is 0 Å². The number of rotatable bonds is 3. The number of imidazole rings is 1. The molecule has 7 nitrogen and oxygen atoms in total. The van der Waals surface area contributed by atoms with Gasteiger partial charge >= 0.3 is 0 Å². The normalized spacial score (nSPS) is 13.2. The molecule has 0 aliphatic rings. The third kappa shape index (κ3) is 1.74. The lowest BCUT2D eigenvalue weighted by molar-refractivity contribution is 0.0820. The first-order chi connectivity index (χ1) is 7.22. The number of hydrogen-bond donors (Lipinski definition) is 3. The van der Waals surface area contributed by atoms with E-state index < -0.39 is 6.10 Å². The maximum absolute atomic E-state index is 11.3. The van der Waals surface area contributed by atoms with E-state index in [0.29, 0.717) is 5.65 Å². The van der Waals surface area contributed by atoms with E-state index in [0.717, 1.165) is 0 Å². The van der Waals surface area contributed by atoms with Crippen molar-refractivity contribution in [2.24, 2.45) is 0 Å². The molecular formula is C8H10N4O3. The Labute approximate surface area is 84.0 Å². The molecule has 0 unspecified atom stereocenters. The van der Waals surface area contributed by atoms with E-state index in [1.807, 2.05) is 0 Å². The molecule has 2 heterocycles. The zero-order valence-corrected chi connectivity index (χ0v) is 7.79. The predicted molar refractivity (Wildman–Crippen MR) is 51.2 cm³/mol. The van der Waals surface area contributed by atoms with Crippen LogP contribution in [-0.4, -0.2) is 42.4 Å². The van der Waals surface area contributed by atoms with Gasteiger partial charge in [-0.2, -0.15) is 0 Å². The second-order valence-electron chi connectivity index (χ2n) is 3.14. The molecule has 3 N–H and O–H groups in total. The average molecular weight is 210 g/mol. The van der Waals surface area contributed by atoms with Crippen molar-refractivity contribution in [3.05, 3.63) is 23.0 Å². The van der Waals surface area contributed by atoms with E-state index in [2.05, 4.69) is 15.0 Å². The van der Waals surface area contributed by atoms with E-state index in [4.69, 9.17) is 5.11 Å². The molecule has 0 bridgehead atoms. The number of aliphatic hydroxyl groups is 2. The molecule has 2 aromatic rings. The Hall–Kier alpha value is -1.73. The molecule has 0 saturated carbocycles. The fourth-order valence-electron chi connectivity index (χ4n) is 1.31. The van der Waals surface area contributed by atoms with Crippen LogP contribution in [0.2, 0.25) is 0 Å². The Balaban J connectivity index is 2.45. The highest BCUT2D eigenvalue weighted by atomic mass is 16.3. The first-order valence-corrected chi connectivity index (χ1v) is 4.40. The summed E-state index contributed by atoms with van der Waals surface area (Å²) in [5, 5.41) is 17.9. The van der Waals surface area contributed by atoms with Crippen molar-refractivity contribution in [1.82, 2.24) is 19.5 Å². The highest BCUT2D eigenvalue weighted by molar-refractivity contribution is 5.68. The molecule has 0 aromatic carbocycles. The fourth-order valence-corrected chi connectivity index (χ4v) is 1.31. The molecule has 7 heteroatoms. The van der Waals surface area contributed by atoms with Crippen LogP contribution in [0.15, 0.2) is 17.4 Å². The molecular weight excluding hydrogens is 200 g/mol. The summed E-state index contributed by atoms with van der Waals surface area (Å²) in [6, 6.07) is 0. The zero-order chi connectivity index (χ0) is 10.8. The van der Waals surface area contributed by atoms with E-state index in [-0.39, 0.29) is 24.2 Å². The van der Waals surface area contributed by atoms with Crippen molar-refractivity contribution >= 4 is 11.2 Å². The largest absolute Gasteiger partial charge is 0.394 e. The van der Waals surface area contributed by atoms with Gasteiger partial charge in [-0.25, -0.2) is 9.97 Å². The second kappa shape index (κ2) is 3.79. The topological polar surface area (TPSA) is 104 Å². The van der Waals surface area contributed by atoms with Gasteiger partial charge in [-0.15, -0.1) is 0 Å². The summed E-state index contributed by atoms with van der Waals surface area (Å²) >= 11 is 0. The standard InChI is InChI=1S/C8H10N4O3/c13-2-5(14)1-12-4-11-6-7(12)9-3-10-8(6)15/h3-5,13-14H,1-2H2,(H,9,10,15)/t5-/m0/s1. The van der Waals surface area contributed by atoms with Crippen LogP contribution < -0.4 is 5.56 Å². The highest BCUT2D eigenvalue weighted by Gasteiger charge is 2.10. The van der Waals surface area contributed by atoms with Crippen LogP contribution in [0.1, 0.15) is 0 Å². The first kappa shape index (κ1) is 9.81. The Morgan fingerprint density at radius 3 is 3.07 bits per heavy atom. The van der Waals surface area contributed by atoms with Gasteiger partial charge in [-0.1, -0.05) is 0 Å². The summed E-state index contributed by atoms with van der Waals surface area (Å²) in [6.45, 7) is -0.188. The van der Waals surface area contributed by atoms with Gasteiger partial charge in [0.15, 0.2) is 11.2 Å². The molecule has 0 saturated heterocycles. The molecule has 80 valence electrons. The number of fused-ring (bicyclic) bond motifs is 1. The summed E-state index contributed by atoms with van der Waals surface area (Å²) in [5.41, 5.74) is 0.297. The quantitative estimate of drug-likeness (QED) is 0.570. The molecule has 0 spiro atoms. The Morgan fingerprint density at radius 2 is 2.33 bits per heavy atom. The van der Waals surface area contributed by atoms with Crippen molar-refractivity contribution in [1.29, 1.82) is 0 Å². The van der Waals surface area contributed by atoms with Crippen LogP contribution in [0.25, 0.3) is 11.2 Å². The second-order valence-corrected chi connectivity index (χ2v) is 3.14. The number of aliphatic hydroxyl groups excluding tert-OH is 2. The maximum atomic E-state index is 11.3. The van der Waals surface area contributed by atoms with E-state index in [9.17, 15) is 9.90 Å². The fraction of sp³-hybridized carbons (Fsp3) is 0.375. The number of aromatic nitrogens is 4. The van der Waals surface area contributed by atoms with Crippen molar-refractivity contribution in [2.45, 2.75) is 12.6 Å². The minimum atomic E-state index is -0.886. The maximum Gasteiger partial charge on any atom is 0.278 e. The third-order valence-electron chi connectivity index (χ3n) is 2.03. The lowest BCUT2D eigenvalue weighted by Crippen LogP contribution is -2.19. The van der Waals surface area contributed by atoms with Crippen molar-refractivity contribution < 1.29 is 10.2 Å². The van der Waals surface area contributed by atoms with Gasteiger partial charge in [0.1, 0.15) is 0 Å². The zero-order valence-electron chi connectivity index (χ0n) is 7.79. The van der Waals surface area contributed by atoms with E-state index >= 15 is 0 Å². The monoisotopic (exact) mass is 210 g/mol. The summed E-state index contributed by atoms with van der Waals surface area (Å²) in [7, 11) is 0. The van der Waals surface area contributed by atoms with Gasteiger partial charge < -0.3 is 19.8 Å². The summed E-state index contributed by atoms with van der Waals surface area (Å²) in [4.78, 5) is 21.5. The Bertz CT molecular complexity index is 518. The van der Waals surface area contributed by atoms with Crippen LogP contribution in [-0.2, 0) is 6.54 Å². The van der Waals surface area contributed by atoms with Crippen molar-refractivity contribution in [3.63, 3.8) is 0 Å². The molecule has 15 heavy (non-hydrogen) atoms. The lowest BCUT2D eigenvalue weighted by Gasteiger charge is -2.07. The van der Waals surface area contributed by atoms with Crippen LogP contribution in [0.5, 0.6) is 0 Å². The number of H-pyrrole nitrogens is 1. The van der Waals surface area contributed by atoms with Gasteiger partial charge in [0, 0.05) is 0 Å². The van der Waals surface area contributed by atoms with Crippen molar-refractivity contribution in [3.8, 4) is 0 Å². The smallest absolute Gasteiger partial charge is 0.278 e. The SMILES string of the molecule is O=c1[nH]cnc2c1ncn2C[C@H](O)CO. The number of hydrogen-bond acceptors (Lipinski definition) is 5. The van der Waals surface area contributed by atoms with Crippen LogP contribution in [0.3, 0.4) is 0 Å². The first-order valence-electron chi connectivity index (χ1n) is 4.40. The predicted octanol–water partition coefficient (Wildman–Crippen LogP) is -1.53. The van der Waals surface area contributed by atoms with Gasteiger partial charge in [0.25, 0.3) is 5.56 Å². The van der Waals surface area contributed by atoms with Crippen molar-refractivity contribution in [2.75, 3.05) is 6.61 Å². The average Bonchev–Trinajstić information content (AvgIpc) is 2.63. The number of nitrogens with zero attached hydrogens (tertiary/aromatic N) is 3. The Morgan fingerprint density at radius 1 is 1.53 bits per heavy atom. The Kier molecular flexibility index (Phi) is 2.48. The molecule has 0 aliphatic heterocycles. The number of aromatic amines is 1. The number of nitrogens with one attached hydrogen (secondary N) is 1. The molecule has 0 aliphatic carbocycles. The van der Waals surface area contributed by atoms with Gasteiger partial charge in [0.2, 0.25) is 0 Å². The van der Waals surface area contributed by atoms with Crippen LogP contribution in [0, 0.1) is 0 Å². The summed E-state index contributed by atoms with van der Waals surface area (Å²) in [5.74, 6) is 0. The summed E-state index contributed by atoms with van der Waals surface area (Å²) < 4.78 is 1.52.